The van der Waals surface area contributed by atoms with E-state index in [2.05, 4.69) is 4.72 Å². The summed E-state index contributed by atoms with van der Waals surface area (Å²) in [4.78, 5) is 11.4. The van der Waals surface area contributed by atoms with Crippen molar-refractivity contribution in [3.05, 3.63) is 34.4 Å². The van der Waals surface area contributed by atoms with Crippen LogP contribution in [0.4, 0.5) is 0 Å². The summed E-state index contributed by atoms with van der Waals surface area (Å²) in [5.41, 5.74) is 3.58. The Bertz CT molecular complexity index is 566. The Morgan fingerprint density at radius 2 is 2.14 bits per heavy atom. The third kappa shape index (κ3) is 3.47. The molecule has 22 heavy (non-hydrogen) atoms. The molecule has 1 aliphatic rings. The van der Waals surface area contributed by atoms with Crippen molar-refractivity contribution < 1.29 is 14.5 Å². The second kappa shape index (κ2) is 6.60. The fourth-order valence-electron chi connectivity index (χ4n) is 3.00. The van der Waals surface area contributed by atoms with Crippen molar-refractivity contribution in [2.45, 2.75) is 64.2 Å². The smallest absolute Gasteiger partial charge is 0.335 e. The van der Waals surface area contributed by atoms with E-state index >= 15 is 0 Å². The van der Waals surface area contributed by atoms with Gasteiger partial charge in [-0.3, -0.25) is 0 Å². The number of carboxylic acids is 1. The van der Waals surface area contributed by atoms with Crippen LogP contribution in [0, 0.1) is 0 Å². The molecular weight excluding hydrogens is 298 g/mol. The van der Waals surface area contributed by atoms with E-state index < -0.39 is 17.3 Å². The lowest BCUT2D eigenvalue weighted by Gasteiger charge is -2.32. The number of nitrogens with one attached hydrogen (secondary N) is 1. The summed E-state index contributed by atoms with van der Waals surface area (Å²) >= 11 is -1.13. The molecular formula is C17H25NO3S. The highest BCUT2D eigenvalue weighted by Crippen LogP contribution is 2.35. The van der Waals surface area contributed by atoms with Gasteiger partial charge in [0.1, 0.15) is 4.75 Å². The first kappa shape index (κ1) is 17.3. The maximum absolute atomic E-state index is 12.4. The lowest BCUT2D eigenvalue weighted by atomic mass is 9.82. The summed E-state index contributed by atoms with van der Waals surface area (Å²) in [6, 6.07) is 3.63. The fraction of sp³-hybridized carbons (Fsp3) is 0.588. The van der Waals surface area contributed by atoms with Gasteiger partial charge < -0.3 is 9.66 Å². The number of carbonyl (C=O) groups is 1. The molecule has 0 aromatic heterocycles. The molecule has 2 N–H and O–H groups in total. The Labute approximate surface area is 135 Å². The van der Waals surface area contributed by atoms with E-state index in [0.29, 0.717) is 12.0 Å². The van der Waals surface area contributed by atoms with Crippen molar-refractivity contribution in [1.82, 2.24) is 4.72 Å². The van der Waals surface area contributed by atoms with E-state index in [9.17, 15) is 14.5 Å². The van der Waals surface area contributed by atoms with E-state index in [-0.39, 0.29) is 10.8 Å². The summed E-state index contributed by atoms with van der Waals surface area (Å²) in [7, 11) is 0. The molecule has 0 bridgehead atoms. The quantitative estimate of drug-likeness (QED) is 0.833. The van der Waals surface area contributed by atoms with Crippen LogP contribution in [0.15, 0.2) is 12.1 Å². The number of rotatable bonds is 4. The zero-order valence-corrected chi connectivity index (χ0v) is 14.5. The van der Waals surface area contributed by atoms with Crippen molar-refractivity contribution in [3.8, 4) is 0 Å². The third-order valence-electron chi connectivity index (χ3n) is 4.15. The average Bonchev–Trinajstić information content (AvgIpc) is 2.45. The zero-order valence-electron chi connectivity index (χ0n) is 13.7. The van der Waals surface area contributed by atoms with Gasteiger partial charge in [-0.2, -0.15) is 0 Å². The van der Waals surface area contributed by atoms with E-state index in [1.165, 1.54) is 0 Å². The number of hydrogen-bond acceptors (Lipinski definition) is 3. The molecule has 1 aromatic carbocycles. The normalized spacial score (nSPS) is 19.6. The van der Waals surface area contributed by atoms with E-state index in [1.54, 1.807) is 6.07 Å². The van der Waals surface area contributed by atoms with Gasteiger partial charge in [-0.05, 0) is 69.2 Å². The second-order valence-corrected chi connectivity index (χ2v) is 8.76. The van der Waals surface area contributed by atoms with Gasteiger partial charge >= 0.3 is 5.97 Å². The predicted molar refractivity (Wildman–Crippen MR) is 89.5 cm³/mol. The molecule has 5 heteroatoms. The first-order valence-electron chi connectivity index (χ1n) is 7.81. The molecule has 0 heterocycles. The molecule has 0 saturated carbocycles. The number of fused-ring (bicyclic) bond motifs is 1. The molecule has 0 spiro atoms. The van der Waals surface area contributed by atoms with Crippen molar-refractivity contribution in [1.29, 1.82) is 0 Å². The van der Waals surface area contributed by atoms with Gasteiger partial charge in [0, 0.05) is 11.4 Å². The van der Waals surface area contributed by atoms with Crippen molar-refractivity contribution in [2.75, 3.05) is 0 Å². The lowest BCUT2D eigenvalue weighted by molar-refractivity contribution is 0.0695. The first-order chi connectivity index (χ1) is 10.3. The summed E-state index contributed by atoms with van der Waals surface area (Å²) in [6.07, 6.45) is 3.53. The Kier molecular flexibility index (Phi) is 5.20. The van der Waals surface area contributed by atoms with Gasteiger partial charge in [0.2, 0.25) is 0 Å². The van der Waals surface area contributed by atoms with Crippen LogP contribution in [0.25, 0.3) is 0 Å². The molecule has 122 valence electrons. The van der Waals surface area contributed by atoms with Crippen LogP contribution in [0.2, 0.25) is 0 Å². The molecule has 0 aliphatic heterocycles. The van der Waals surface area contributed by atoms with E-state index in [1.807, 2.05) is 33.8 Å². The van der Waals surface area contributed by atoms with Crippen molar-refractivity contribution >= 4 is 17.3 Å². The summed E-state index contributed by atoms with van der Waals surface area (Å²) in [5, 5.41) is 9.35. The largest absolute Gasteiger partial charge is 0.598 e. The molecule has 1 aliphatic carbocycles. The van der Waals surface area contributed by atoms with Gasteiger partial charge in [0.05, 0.1) is 11.6 Å². The predicted octanol–water partition coefficient (Wildman–Crippen LogP) is 3.38. The topological polar surface area (TPSA) is 72.4 Å². The van der Waals surface area contributed by atoms with Gasteiger partial charge in [-0.25, -0.2) is 4.79 Å². The van der Waals surface area contributed by atoms with Crippen LogP contribution in [0.1, 0.15) is 73.6 Å². The van der Waals surface area contributed by atoms with Gasteiger partial charge in [-0.1, -0.05) is 13.0 Å². The zero-order chi connectivity index (χ0) is 16.5. The maximum Gasteiger partial charge on any atom is 0.335 e. The average molecular weight is 323 g/mol. The number of aromatic carboxylic acids is 1. The first-order valence-corrected chi connectivity index (χ1v) is 8.96. The maximum atomic E-state index is 12.4. The molecule has 0 unspecified atom stereocenters. The summed E-state index contributed by atoms with van der Waals surface area (Å²) in [6.45, 7) is 7.84. The van der Waals surface area contributed by atoms with Gasteiger partial charge in [-0.15, -0.1) is 4.72 Å². The fourth-order valence-corrected chi connectivity index (χ4v) is 3.86. The van der Waals surface area contributed by atoms with Crippen molar-refractivity contribution in [2.24, 2.45) is 0 Å². The van der Waals surface area contributed by atoms with Crippen LogP contribution in [0.3, 0.4) is 0 Å². The standard InChI is InChI=1S/C17H25NO3S/c1-5-11-12-7-6-8-15(18-22(21)17(2,3)4)13(12)9-10-14(11)16(19)20/h9-10,15,18H,5-8H2,1-4H3,(H,19,20)/t15-,22-/m1/s1. The minimum absolute atomic E-state index is 0.0388. The third-order valence-corrected chi connectivity index (χ3v) is 5.76. The van der Waals surface area contributed by atoms with E-state index in [0.717, 1.165) is 36.0 Å². The highest BCUT2D eigenvalue weighted by atomic mass is 32.2. The van der Waals surface area contributed by atoms with E-state index in [4.69, 9.17) is 0 Å². The molecule has 0 radical (unpaired) electrons. The van der Waals surface area contributed by atoms with Crippen LogP contribution >= 0.6 is 0 Å². The molecule has 2 atom stereocenters. The second-order valence-electron chi connectivity index (χ2n) is 6.76. The van der Waals surface area contributed by atoms with Crippen LogP contribution in [-0.4, -0.2) is 20.4 Å². The van der Waals surface area contributed by atoms with Crippen molar-refractivity contribution in [3.63, 3.8) is 0 Å². The molecule has 0 fully saturated rings. The molecule has 0 amide bonds. The van der Waals surface area contributed by atoms with Crippen LogP contribution < -0.4 is 4.72 Å². The minimum Gasteiger partial charge on any atom is -0.598 e. The van der Waals surface area contributed by atoms with Gasteiger partial charge in [0.25, 0.3) is 0 Å². The van der Waals surface area contributed by atoms with Crippen LogP contribution in [0.5, 0.6) is 0 Å². The minimum atomic E-state index is -1.13. The molecule has 1 aromatic rings. The molecule has 2 rings (SSSR count). The monoisotopic (exact) mass is 323 g/mol. The molecule has 0 saturated heterocycles. The Morgan fingerprint density at radius 1 is 1.45 bits per heavy atom. The SMILES string of the molecule is CCc1c(C(=O)O)ccc2c1CCC[C@H]2N[S@+]([O-])C(C)(C)C. The highest BCUT2D eigenvalue weighted by Gasteiger charge is 2.32. The summed E-state index contributed by atoms with van der Waals surface area (Å²) in [5.74, 6) is -0.868. The summed E-state index contributed by atoms with van der Waals surface area (Å²) < 4.78 is 15.3. The Hall–Kier alpha value is -1.04. The Morgan fingerprint density at radius 3 is 2.68 bits per heavy atom. The number of carboxylic acid groups (broad SMARTS) is 1. The Balaban J connectivity index is 2.37. The number of benzene rings is 1. The molecule has 4 nitrogen and oxygen atoms in total. The lowest BCUT2D eigenvalue weighted by Crippen LogP contribution is -2.42. The highest BCUT2D eigenvalue weighted by molar-refractivity contribution is 7.90. The number of hydrogen-bond donors (Lipinski definition) is 2. The van der Waals surface area contributed by atoms with Gasteiger partial charge in [0.15, 0.2) is 0 Å². The van der Waals surface area contributed by atoms with Crippen LogP contribution in [-0.2, 0) is 24.2 Å².